The molecule has 3 aliphatic rings. The van der Waals surface area contributed by atoms with Gasteiger partial charge in [-0.25, -0.2) is 19.2 Å². The fourth-order valence-electron chi connectivity index (χ4n) is 5.46. The molecule has 0 unspecified atom stereocenters. The molecule has 2 heterocycles. The average molecular weight is 472 g/mol. The van der Waals surface area contributed by atoms with Gasteiger partial charge in [-0.05, 0) is 59.0 Å². The van der Waals surface area contributed by atoms with Crippen molar-refractivity contribution in [3.8, 4) is 12.3 Å². The van der Waals surface area contributed by atoms with E-state index < -0.39 is 29.3 Å². The quantitative estimate of drug-likeness (QED) is 0.314. The highest BCUT2D eigenvalue weighted by Gasteiger charge is 2.48. The first-order valence-electron chi connectivity index (χ1n) is 11.2. The zero-order chi connectivity index (χ0) is 25.2. The van der Waals surface area contributed by atoms with Gasteiger partial charge in [0.25, 0.3) is 0 Å². The lowest BCUT2D eigenvalue weighted by atomic mass is 9.66. The Hall–Kier alpha value is -5.02. The molecule has 1 aliphatic carbocycles. The monoisotopic (exact) mass is 472 g/mol. The van der Waals surface area contributed by atoms with Gasteiger partial charge < -0.3 is 9.47 Å². The second-order valence-electron chi connectivity index (χ2n) is 8.60. The highest BCUT2D eigenvalue weighted by atomic mass is 16.6. The Bertz CT molecular complexity index is 1600. The van der Waals surface area contributed by atoms with E-state index in [1.807, 2.05) is 43.3 Å². The van der Waals surface area contributed by atoms with Crippen LogP contribution in [0.5, 0.6) is 0 Å². The summed E-state index contributed by atoms with van der Waals surface area (Å²) in [6.45, 7) is 1.87. The van der Waals surface area contributed by atoms with Gasteiger partial charge in [0, 0.05) is 5.57 Å². The number of cyclic esters (lactones) is 4. The minimum atomic E-state index is -1.06. The van der Waals surface area contributed by atoms with Crippen molar-refractivity contribution in [3.05, 3.63) is 123 Å². The standard InChI is InChI=1S/C30H16O6/c1-3-7-24-18(4-2)19-8-5-6-9-25(19)30(24,16-10-12-20-22(14-16)28(33)35-26(20)31)17-11-13-21-23(15-17)29(34)36-27(21)32/h2-3,5-15H,1H3/b7-3-. The maximum atomic E-state index is 12.5. The molecular weight excluding hydrogens is 456 g/mol. The number of rotatable bonds is 3. The normalized spacial score (nSPS) is 17.1. The molecule has 3 aromatic carbocycles. The van der Waals surface area contributed by atoms with E-state index in [4.69, 9.17) is 15.9 Å². The third-order valence-electron chi connectivity index (χ3n) is 6.91. The molecule has 0 spiro atoms. The van der Waals surface area contributed by atoms with Gasteiger partial charge in [0.05, 0.1) is 27.7 Å². The molecule has 0 bridgehead atoms. The zero-order valence-corrected chi connectivity index (χ0v) is 19.0. The first kappa shape index (κ1) is 21.5. The molecular formula is C30H16O6. The van der Waals surface area contributed by atoms with Crippen LogP contribution < -0.4 is 0 Å². The van der Waals surface area contributed by atoms with Gasteiger partial charge >= 0.3 is 23.9 Å². The Kier molecular flexibility index (Phi) is 4.47. The number of benzene rings is 3. The van der Waals surface area contributed by atoms with Gasteiger partial charge in [-0.2, -0.15) is 0 Å². The number of terminal acetylenes is 1. The van der Waals surface area contributed by atoms with E-state index in [0.29, 0.717) is 16.7 Å². The minimum absolute atomic E-state index is 0.152. The van der Waals surface area contributed by atoms with Crippen molar-refractivity contribution in [2.24, 2.45) is 0 Å². The third-order valence-corrected chi connectivity index (χ3v) is 6.91. The first-order valence-corrected chi connectivity index (χ1v) is 11.2. The number of esters is 4. The summed E-state index contributed by atoms with van der Waals surface area (Å²) in [4.78, 5) is 49.3. The van der Waals surface area contributed by atoms with Crippen LogP contribution in [0.15, 0.2) is 78.4 Å². The van der Waals surface area contributed by atoms with Crippen LogP contribution in [0.1, 0.15) is 70.6 Å². The van der Waals surface area contributed by atoms with Crippen LogP contribution in [-0.2, 0) is 14.9 Å². The minimum Gasteiger partial charge on any atom is -0.386 e. The van der Waals surface area contributed by atoms with E-state index >= 15 is 0 Å². The molecule has 6 nitrogen and oxygen atoms in total. The molecule has 6 rings (SSSR count). The molecule has 0 amide bonds. The van der Waals surface area contributed by atoms with Crippen molar-refractivity contribution < 1.29 is 28.7 Å². The van der Waals surface area contributed by atoms with Crippen molar-refractivity contribution in [1.82, 2.24) is 0 Å². The molecule has 0 atom stereocenters. The largest absolute Gasteiger partial charge is 0.386 e. The van der Waals surface area contributed by atoms with Crippen LogP contribution >= 0.6 is 0 Å². The molecule has 172 valence electrons. The molecule has 0 N–H and O–H groups in total. The number of ether oxygens (including phenoxy) is 2. The molecule has 0 fully saturated rings. The highest BCUT2D eigenvalue weighted by Crippen LogP contribution is 2.55. The number of hydrogen-bond donors (Lipinski definition) is 0. The number of carbonyl (C=O) groups is 4. The Morgan fingerprint density at radius 2 is 1.25 bits per heavy atom. The van der Waals surface area contributed by atoms with Gasteiger partial charge in [0.15, 0.2) is 0 Å². The Labute approximate surface area is 205 Å². The van der Waals surface area contributed by atoms with Gasteiger partial charge in [0.2, 0.25) is 0 Å². The van der Waals surface area contributed by atoms with Crippen molar-refractivity contribution in [3.63, 3.8) is 0 Å². The number of hydrogen-bond acceptors (Lipinski definition) is 6. The topological polar surface area (TPSA) is 86.7 Å². The Morgan fingerprint density at radius 1 is 0.722 bits per heavy atom. The van der Waals surface area contributed by atoms with Gasteiger partial charge in [-0.15, -0.1) is 6.42 Å². The smallest absolute Gasteiger partial charge is 0.346 e. The summed E-state index contributed by atoms with van der Waals surface area (Å²) < 4.78 is 9.65. The molecule has 3 aromatic rings. The van der Waals surface area contributed by atoms with E-state index in [2.05, 4.69) is 5.92 Å². The predicted octanol–water partition coefficient (Wildman–Crippen LogP) is 4.62. The van der Waals surface area contributed by atoms with Crippen LogP contribution in [0.25, 0.3) is 5.57 Å². The van der Waals surface area contributed by atoms with Crippen molar-refractivity contribution in [2.45, 2.75) is 12.3 Å². The first-order chi connectivity index (χ1) is 17.4. The van der Waals surface area contributed by atoms with Crippen LogP contribution in [0, 0.1) is 12.3 Å². The number of allylic oxidation sites excluding steroid dienone is 4. The van der Waals surface area contributed by atoms with Crippen LogP contribution in [-0.4, -0.2) is 23.9 Å². The van der Waals surface area contributed by atoms with Crippen LogP contribution in [0.2, 0.25) is 0 Å². The summed E-state index contributed by atoms with van der Waals surface area (Å²) in [5.74, 6) is -0.0295. The van der Waals surface area contributed by atoms with Crippen molar-refractivity contribution >= 4 is 29.5 Å². The molecule has 0 saturated heterocycles. The fourth-order valence-corrected chi connectivity index (χ4v) is 5.46. The highest BCUT2D eigenvalue weighted by molar-refractivity contribution is 6.16. The van der Waals surface area contributed by atoms with E-state index in [1.54, 1.807) is 36.4 Å². The summed E-state index contributed by atoms with van der Waals surface area (Å²) in [5, 5.41) is 0. The average Bonchev–Trinajstić information content (AvgIpc) is 3.45. The van der Waals surface area contributed by atoms with Crippen LogP contribution in [0.3, 0.4) is 0 Å². The van der Waals surface area contributed by atoms with Crippen LogP contribution in [0.4, 0.5) is 0 Å². The van der Waals surface area contributed by atoms with Gasteiger partial charge in [-0.1, -0.05) is 54.5 Å². The molecule has 0 aromatic heterocycles. The fraction of sp³-hybridized carbons (Fsp3) is 0.0667. The van der Waals surface area contributed by atoms with E-state index in [-0.39, 0.29) is 22.3 Å². The molecule has 36 heavy (non-hydrogen) atoms. The van der Waals surface area contributed by atoms with Gasteiger partial charge in [0.1, 0.15) is 0 Å². The SMILES string of the molecule is C#CC1=C(/C=C\C)C(c2ccc3c(c2)C(=O)OC3=O)(c2ccc3c(c2)C(=O)OC3=O)c2ccccc21. The lowest BCUT2D eigenvalue weighted by molar-refractivity contribution is 0.0425. The summed E-state index contributed by atoms with van der Waals surface area (Å²) in [6, 6.07) is 17.6. The summed E-state index contributed by atoms with van der Waals surface area (Å²) in [6.07, 6.45) is 9.80. The van der Waals surface area contributed by atoms with E-state index in [9.17, 15) is 19.2 Å². The van der Waals surface area contributed by atoms with Gasteiger partial charge in [-0.3, -0.25) is 0 Å². The van der Waals surface area contributed by atoms with E-state index in [1.165, 1.54) is 0 Å². The lowest BCUT2D eigenvalue weighted by Gasteiger charge is -2.35. The number of carbonyl (C=O) groups excluding carboxylic acids is 4. The maximum absolute atomic E-state index is 12.5. The summed E-state index contributed by atoms with van der Waals surface area (Å²) in [7, 11) is 0. The summed E-state index contributed by atoms with van der Waals surface area (Å²) in [5.41, 5.74) is 3.97. The maximum Gasteiger partial charge on any atom is 0.346 e. The van der Waals surface area contributed by atoms with Crippen molar-refractivity contribution in [2.75, 3.05) is 0 Å². The lowest BCUT2D eigenvalue weighted by Crippen LogP contribution is -2.30. The second kappa shape index (κ2) is 7.49. The predicted molar refractivity (Wildman–Crippen MR) is 129 cm³/mol. The second-order valence-corrected chi connectivity index (χ2v) is 8.60. The molecule has 6 heteroatoms. The van der Waals surface area contributed by atoms with E-state index in [0.717, 1.165) is 16.7 Å². The summed E-state index contributed by atoms with van der Waals surface area (Å²) >= 11 is 0. The molecule has 0 radical (unpaired) electrons. The Morgan fingerprint density at radius 3 is 1.78 bits per heavy atom. The Balaban J connectivity index is 1.76. The molecule has 0 saturated carbocycles. The molecule has 2 aliphatic heterocycles. The third kappa shape index (κ3) is 2.62. The van der Waals surface area contributed by atoms with Crippen molar-refractivity contribution in [1.29, 1.82) is 0 Å². The zero-order valence-electron chi connectivity index (χ0n) is 19.0. The number of fused-ring (bicyclic) bond motifs is 3.